The maximum atomic E-state index is 12.7. The highest BCUT2D eigenvalue weighted by Gasteiger charge is 2.72. The van der Waals surface area contributed by atoms with E-state index in [9.17, 15) is 61.3 Å². The van der Waals surface area contributed by atoms with E-state index in [1.54, 1.807) is 0 Å². The van der Waals surface area contributed by atoms with Crippen LogP contribution in [0.2, 0.25) is 0 Å². The van der Waals surface area contributed by atoms with Crippen LogP contribution in [0, 0.1) is 45.3 Å². The first-order valence-electron chi connectivity index (χ1n) is 24.4. The molecule has 0 aromatic carbocycles. The van der Waals surface area contributed by atoms with Crippen molar-refractivity contribution >= 4 is 0 Å². The van der Waals surface area contributed by atoms with Crippen LogP contribution in [0.4, 0.5) is 0 Å². The highest BCUT2D eigenvalue weighted by atomic mass is 16.8. The molecule has 7 fully saturated rings. The second kappa shape index (κ2) is 19.6. The zero-order valence-electron chi connectivity index (χ0n) is 40.0. The van der Waals surface area contributed by atoms with E-state index in [2.05, 4.69) is 40.7 Å². The van der Waals surface area contributed by atoms with Gasteiger partial charge in [0.25, 0.3) is 0 Å². The van der Waals surface area contributed by atoms with Gasteiger partial charge in [-0.3, -0.25) is 0 Å². The Kier molecular flexibility index (Phi) is 15.7. The van der Waals surface area contributed by atoms with Crippen LogP contribution in [0.15, 0.2) is 11.6 Å². The molecule has 7 aliphatic rings. The predicted molar refractivity (Wildman–Crippen MR) is 234 cm³/mol. The number of ether oxygens (including phenoxy) is 6. The van der Waals surface area contributed by atoms with Crippen molar-refractivity contribution in [1.29, 1.82) is 0 Å². The van der Waals surface area contributed by atoms with Gasteiger partial charge in [-0.1, -0.05) is 46.3 Å². The van der Waals surface area contributed by atoms with E-state index >= 15 is 0 Å². The molecule has 0 amide bonds. The van der Waals surface area contributed by atoms with Crippen LogP contribution in [0.5, 0.6) is 0 Å². The lowest BCUT2D eigenvalue weighted by Gasteiger charge is -2.71. The second-order valence-electron chi connectivity index (χ2n) is 22.9. The average molecular weight is 947 g/mol. The van der Waals surface area contributed by atoms with Gasteiger partial charge in [-0.05, 0) is 124 Å². The summed E-state index contributed by atoms with van der Waals surface area (Å²) >= 11 is 0. The molecule has 12 N–H and O–H groups in total. The number of allylic oxidation sites excluding steroid dienone is 2. The molecule has 18 heteroatoms. The van der Waals surface area contributed by atoms with Crippen LogP contribution in [0.3, 0.4) is 0 Å². The molecule has 7 rings (SSSR count). The Morgan fingerprint density at radius 1 is 0.606 bits per heavy atom. The summed E-state index contributed by atoms with van der Waals surface area (Å²) in [6, 6.07) is 0. The van der Waals surface area contributed by atoms with E-state index in [4.69, 9.17) is 28.4 Å². The van der Waals surface area contributed by atoms with Gasteiger partial charge < -0.3 is 89.7 Å². The highest BCUT2D eigenvalue weighted by Crippen LogP contribution is 2.76. The first-order valence-corrected chi connectivity index (χ1v) is 24.4. The van der Waals surface area contributed by atoms with E-state index in [0.29, 0.717) is 25.7 Å². The minimum atomic E-state index is -1.79. The lowest BCUT2D eigenvalue weighted by molar-refractivity contribution is -0.378. The first kappa shape index (κ1) is 52.8. The van der Waals surface area contributed by atoms with Crippen molar-refractivity contribution in [2.24, 2.45) is 45.3 Å². The fourth-order valence-corrected chi connectivity index (χ4v) is 14.9. The Labute approximate surface area is 388 Å². The number of aliphatic hydroxyl groups is 12. The Morgan fingerprint density at radius 2 is 1.14 bits per heavy atom. The number of hydrogen-bond acceptors (Lipinski definition) is 18. The Morgan fingerprint density at radius 3 is 1.71 bits per heavy atom. The smallest absolute Gasteiger partial charge is 0.187 e. The van der Waals surface area contributed by atoms with Gasteiger partial charge in [0.05, 0.1) is 37.6 Å². The summed E-state index contributed by atoms with van der Waals surface area (Å²) < 4.78 is 37.2. The molecule has 3 aliphatic heterocycles. The molecule has 0 aromatic rings. The normalized spacial score (nSPS) is 52.4. The molecule has 0 bridgehead atoms. The minimum absolute atomic E-state index is 0.0905. The molecule has 0 radical (unpaired) electrons. The van der Waals surface area contributed by atoms with Crippen LogP contribution in [0.25, 0.3) is 0 Å². The molecule has 25 atom stereocenters. The number of aliphatic hydroxyl groups excluding tert-OH is 12. The lowest BCUT2D eigenvalue weighted by atomic mass is 9.35. The monoisotopic (exact) mass is 947 g/mol. The molecule has 3 saturated heterocycles. The summed E-state index contributed by atoms with van der Waals surface area (Å²) in [5.41, 5.74) is -1.12. The third-order valence-corrected chi connectivity index (χ3v) is 18.8. The summed E-state index contributed by atoms with van der Waals surface area (Å²) in [6.07, 6.45) is -15.4. The Bertz CT molecular complexity index is 1680. The van der Waals surface area contributed by atoms with Crippen LogP contribution in [-0.4, -0.2) is 191 Å². The number of hydrogen-bond donors (Lipinski definition) is 12. The van der Waals surface area contributed by atoms with E-state index in [0.717, 1.165) is 37.7 Å². The second-order valence-corrected chi connectivity index (χ2v) is 22.9. The maximum absolute atomic E-state index is 12.7. The molecule has 0 spiro atoms. The predicted octanol–water partition coefficient (Wildman–Crippen LogP) is -0.0268. The van der Waals surface area contributed by atoms with Crippen molar-refractivity contribution in [3.05, 3.63) is 11.6 Å². The molecule has 18 nitrogen and oxygen atoms in total. The van der Waals surface area contributed by atoms with E-state index in [1.807, 2.05) is 20.8 Å². The summed E-state index contributed by atoms with van der Waals surface area (Å²) in [6.45, 7) is 15.5. The molecule has 3 heterocycles. The van der Waals surface area contributed by atoms with Crippen molar-refractivity contribution in [1.82, 2.24) is 0 Å². The standard InChI is InChI=1S/C48H82O18/c1-22(2)10-9-14-48(8,66-42-39(60)36(57)33(54)26(20-50)62-42)23-11-16-47(7)31(23)24(52)18-29-45(5)15-13-30(44(3,4)28(45)12-17-46(29,47)6)64-43-40(37(58)34(55)27(21-51)63-43)65-41-38(59)35(56)32(53)25(19-49)61-41/h10,23-43,49-60H,9,11-21H2,1-8H3/t23-,24-,25-,26-,27-,28+,29-,30+,31+,32-,33-,34-,35+,36+,37+,38-,39-,40-,41+,42+,43+,45-,46-,47-,48+/m1/s1. The SMILES string of the molecule is CC(C)=CCC[C@](C)(O[C@@H]1O[C@H](CO)[C@@H](O)[C@H](O)[C@H]1O)[C@@H]1CC[C@]2(C)[C@@H]1[C@H](O)C[C@@H]1[C@]3(C)CC[C@H](O[C@@H]4O[C@H](CO)[C@@H](O)[C@H](O)[C@H]4O[C@@H]4O[C@H](CO)[C@@H](O)[C@H](O)[C@H]4O)C(C)(C)[C@@H]3CC[C@]12C. The van der Waals surface area contributed by atoms with Crippen LogP contribution < -0.4 is 0 Å². The molecular weight excluding hydrogens is 865 g/mol. The summed E-state index contributed by atoms with van der Waals surface area (Å²) in [5.74, 6) is -0.151. The van der Waals surface area contributed by atoms with Crippen LogP contribution >= 0.6 is 0 Å². The third kappa shape index (κ3) is 8.79. The highest BCUT2D eigenvalue weighted by molar-refractivity contribution is 5.20. The van der Waals surface area contributed by atoms with E-state index in [1.165, 1.54) is 0 Å². The molecular formula is C48H82O18. The van der Waals surface area contributed by atoms with Crippen LogP contribution in [0.1, 0.15) is 113 Å². The summed E-state index contributed by atoms with van der Waals surface area (Å²) in [7, 11) is 0. The number of rotatable bonds is 13. The van der Waals surface area contributed by atoms with Crippen molar-refractivity contribution in [3.63, 3.8) is 0 Å². The third-order valence-electron chi connectivity index (χ3n) is 18.8. The Hall–Kier alpha value is -0.980. The van der Waals surface area contributed by atoms with Gasteiger partial charge in [-0.25, -0.2) is 0 Å². The van der Waals surface area contributed by atoms with E-state index < -0.39 is 135 Å². The van der Waals surface area contributed by atoms with Crippen molar-refractivity contribution < 1.29 is 89.7 Å². The molecule has 382 valence electrons. The number of fused-ring (bicyclic) bond motifs is 5. The Balaban J connectivity index is 1.13. The van der Waals surface area contributed by atoms with Gasteiger partial charge >= 0.3 is 0 Å². The van der Waals surface area contributed by atoms with Gasteiger partial charge in [0.15, 0.2) is 18.9 Å². The topological polar surface area (TPSA) is 298 Å². The van der Waals surface area contributed by atoms with E-state index in [-0.39, 0.29) is 39.9 Å². The van der Waals surface area contributed by atoms with Crippen LogP contribution in [-0.2, 0) is 28.4 Å². The minimum Gasteiger partial charge on any atom is -0.394 e. The van der Waals surface area contributed by atoms with Crippen molar-refractivity contribution in [3.8, 4) is 0 Å². The lowest BCUT2D eigenvalue weighted by Crippen LogP contribution is -2.68. The maximum Gasteiger partial charge on any atom is 0.187 e. The quantitative estimate of drug-likeness (QED) is 0.0853. The zero-order chi connectivity index (χ0) is 48.6. The molecule has 0 aromatic heterocycles. The van der Waals surface area contributed by atoms with Gasteiger partial charge in [0.2, 0.25) is 0 Å². The first-order chi connectivity index (χ1) is 30.8. The zero-order valence-corrected chi connectivity index (χ0v) is 40.0. The van der Waals surface area contributed by atoms with Crippen molar-refractivity contribution in [2.75, 3.05) is 19.8 Å². The molecule has 66 heavy (non-hydrogen) atoms. The van der Waals surface area contributed by atoms with Gasteiger partial charge in [-0.15, -0.1) is 0 Å². The van der Waals surface area contributed by atoms with Crippen molar-refractivity contribution in [2.45, 2.75) is 223 Å². The average Bonchev–Trinajstić information content (AvgIpc) is 3.65. The fraction of sp³-hybridized carbons (Fsp3) is 0.958. The largest absolute Gasteiger partial charge is 0.394 e. The van der Waals surface area contributed by atoms with Gasteiger partial charge in [-0.2, -0.15) is 0 Å². The van der Waals surface area contributed by atoms with Gasteiger partial charge in [0.1, 0.15) is 73.2 Å². The summed E-state index contributed by atoms with van der Waals surface area (Å²) in [4.78, 5) is 0. The molecule has 4 saturated carbocycles. The molecule has 0 unspecified atom stereocenters. The summed E-state index contributed by atoms with van der Waals surface area (Å²) in [5, 5.41) is 129. The fourth-order valence-electron chi connectivity index (χ4n) is 14.9. The molecule has 4 aliphatic carbocycles. The van der Waals surface area contributed by atoms with Gasteiger partial charge in [0, 0.05) is 0 Å².